The summed E-state index contributed by atoms with van der Waals surface area (Å²) >= 11 is 6.33. The molecule has 1 N–H and O–H groups in total. The van der Waals surface area contributed by atoms with Crippen molar-refractivity contribution in [2.45, 2.75) is 24.9 Å². The topological polar surface area (TPSA) is 28.4 Å². The number of rotatable bonds is 3. The number of phenolic OH excluding ortho intramolecular Hbond substituents is 1. The van der Waals surface area contributed by atoms with Crippen molar-refractivity contribution < 1.29 is 5.11 Å². The van der Waals surface area contributed by atoms with Crippen molar-refractivity contribution in [3.63, 3.8) is 0 Å². The van der Waals surface area contributed by atoms with Gasteiger partial charge in [0.15, 0.2) is 0 Å². The second-order valence-corrected chi connectivity index (χ2v) is 7.99. The molecule has 4 rings (SSSR count). The molecule has 1 aliphatic rings. The van der Waals surface area contributed by atoms with Crippen LogP contribution in [0.15, 0.2) is 73.1 Å². The maximum absolute atomic E-state index is 10.2. The summed E-state index contributed by atoms with van der Waals surface area (Å²) in [5.74, 6) is 0.274. The first-order valence-electron chi connectivity index (χ1n) is 9.02. The molecular formula is C23H23ClN2O. The van der Waals surface area contributed by atoms with Crippen molar-refractivity contribution in [1.29, 1.82) is 0 Å². The Morgan fingerprint density at radius 1 is 1.00 bits per heavy atom. The molecule has 0 saturated heterocycles. The third-order valence-electron chi connectivity index (χ3n) is 5.85. The number of likely N-dealkylation sites (N-methyl/N-ethyl adjacent to an activating group) is 1. The standard InChI is InChI=1S/C23H23ClN2O/c1-22(2)19-16-18(24)10-11-20(19)25(3)23(22,26-14-6-7-15-26)13-12-17-8-4-5-9-21(17)27/h4-16,27H,1-3H3/b13-12+. The Hall–Kier alpha value is -2.65. The number of aromatic hydroxyl groups is 1. The molecule has 0 spiro atoms. The second kappa shape index (κ2) is 6.21. The van der Waals surface area contributed by atoms with E-state index in [1.165, 1.54) is 5.56 Å². The van der Waals surface area contributed by atoms with Crippen LogP contribution < -0.4 is 4.90 Å². The molecule has 0 bridgehead atoms. The molecule has 138 valence electrons. The highest BCUT2D eigenvalue weighted by molar-refractivity contribution is 6.30. The molecule has 1 atom stereocenters. The molecule has 3 aromatic rings. The van der Waals surface area contributed by atoms with Crippen molar-refractivity contribution in [2.24, 2.45) is 0 Å². The molecule has 0 amide bonds. The molecule has 0 radical (unpaired) electrons. The van der Waals surface area contributed by atoms with Crippen LogP contribution in [0.3, 0.4) is 0 Å². The quantitative estimate of drug-likeness (QED) is 0.638. The van der Waals surface area contributed by atoms with Gasteiger partial charge in [0, 0.05) is 41.1 Å². The fourth-order valence-electron chi connectivity index (χ4n) is 4.40. The Morgan fingerprint density at radius 2 is 1.70 bits per heavy atom. The van der Waals surface area contributed by atoms with Gasteiger partial charge < -0.3 is 14.6 Å². The largest absolute Gasteiger partial charge is 0.507 e. The fraction of sp³-hybridized carbons (Fsp3) is 0.217. The van der Waals surface area contributed by atoms with Crippen molar-refractivity contribution in [2.75, 3.05) is 11.9 Å². The van der Waals surface area contributed by atoms with E-state index < -0.39 is 5.66 Å². The number of phenols is 1. The first-order valence-corrected chi connectivity index (χ1v) is 9.40. The lowest BCUT2D eigenvalue weighted by atomic mass is 9.75. The van der Waals surface area contributed by atoms with Crippen LogP contribution in [0.25, 0.3) is 6.08 Å². The van der Waals surface area contributed by atoms with Crippen LogP contribution in [0.1, 0.15) is 25.0 Å². The number of halogens is 1. The average Bonchev–Trinajstić information content (AvgIpc) is 3.22. The highest BCUT2D eigenvalue weighted by atomic mass is 35.5. The maximum atomic E-state index is 10.2. The number of hydrogen-bond donors (Lipinski definition) is 1. The van der Waals surface area contributed by atoms with E-state index in [0.29, 0.717) is 0 Å². The Morgan fingerprint density at radius 3 is 2.41 bits per heavy atom. The molecule has 1 aliphatic heterocycles. The zero-order valence-corrected chi connectivity index (χ0v) is 16.5. The Kier molecular flexibility index (Phi) is 4.08. The van der Waals surface area contributed by atoms with Gasteiger partial charge in [0.05, 0.1) is 0 Å². The molecule has 3 nitrogen and oxygen atoms in total. The highest BCUT2D eigenvalue weighted by Gasteiger charge is 2.55. The zero-order valence-electron chi connectivity index (χ0n) is 15.7. The summed E-state index contributed by atoms with van der Waals surface area (Å²) < 4.78 is 2.22. The van der Waals surface area contributed by atoms with Gasteiger partial charge >= 0.3 is 0 Å². The van der Waals surface area contributed by atoms with E-state index in [-0.39, 0.29) is 11.2 Å². The predicted molar refractivity (Wildman–Crippen MR) is 112 cm³/mol. The number of para-hydroxylation sites is 1. The normalized spacial score (nSPS) is 21.0. The van der Waals surface area contributed by atoms with Crippen LogP contribution in [-0.4, -0.2) is 16.7 Å². The number of hydrogen-bond acceptors (Lipinski definition) is 2. The molecule has 2 aromatic carbocycles. The zero-order chi connectivity index (χ0) is 19.2. The lowest BCUT2D eigenvalue weighted by molar-refractivity contribution is 0.238. The van der Waals surface area contributed by atoms with E-state index in [2.05, 4.69) is 61.0 Å². The predicted octanol–water partition coefficient (Wildman–Crippen LogP) is 5.64. The summed E-state index contributed by atoms with van der Waals surface area (Å²) in [4.78, 5) is 2.29. The molecule has 27 heavy (non-hydrogen) atoms. The van der Waals surface area contributed by atoms with Gasteiger partial charge in [0.2, 0.25) is 0 Å². The first-order chi connectivity index (χ1) is 12.9. The third-order valence-corrected chi connectivity index (χ3v) is 6.09. The Labute approximate surface area is 165 Å². The highest BCUT2D eigenvalue weighted by Crippen LogP contribution is 2.55. The van der Waals surface area contributed by atoms with Gasteiger partial charge in [-0.3, -0.25) is 0 Å². The fourth-order valence-corrected chi connectivity index (χ4v) is 4.57. The minimum atomic E-state index is -0.480. The van der Waals surface area contributed by atoms with E-state index in [1.54, 1.807) is 6.07 Å². The van der Waals surface area contributed by atoms with Crippen LogP contribution in [0.5, 0.6) is 5.75 Å². The van der Waals surface area contributed by atoms with Gasteiger partial charge in [-0.15, -0.1) is 0 Å². The van der Waals surface area contributed by atoms with Crippen LogP contribution >= 0.6 is 11.6 Å². The van der Waals surface area contributed by atoms with Gasteiger partial charge in [-0.2, -0.15) is 0 Å². The summed E-state index contributed by atoms with van der Waals surface area (Å²) in [6.07, 6.45) is 8.35. The summed E-state index contributed by atoms with van der Waals surface area (Å²) in [7, 11) is 2.11. The maximum Gasteiger partial charge on any atom is 0.145 e. The van der Waals surface area contributed by atoms with Crippen molar-refractivity contribution in [1.82, 2.24) is 4.57 Å². The van der Waals surface area contributed by atoms with Gasteiger partial charge in [-0.05, 0) is 48.0 Å². The van der Waals surface area contributed by atoms with Gasteiger partial charge in [-0.1, -0.05) is 49.7 Å². The van der Waals surface area contributed by atoms with Crippen LogP contribution in [-0.2, 0) is 11.1 Å². The molecule has 0 aliphatic carbocycles. The number of fused-ring (bicyclic) bond motifs is 1. The molecular weight excluding hydrogens is 356 g/mol. The Balaban J connectivity index is 1.95. The summed E-state index contributed by atoms with van der Waals surface area (Å²) in [5.41, 5.74) is 2.41. The van der Waals surface area contributed by atoms with E-state index in [1.807, 2.05) is 42.5 Å². The SMILES string of the molecule is CN1c2ccc(Cl)cc2C(C)(C)C1(/C=C/c1ccccc1O)n1cccc1. The van der Waals surface area contributed by atoms with E-state index in [9.17, 15) is 5.11 Å². The number of aromatic nitrogens is 1. The van der Waals surface area contributed by atoms with E-state index in [4.69, 9.17) is 11.6 Å². The molecule has 0 saturated carbocycles. The van der Waals surface area contributed by atoms with E-state index in [0.717, 1.165) is 16.3 Å². The lowest BCUT2D eigenvalue weighted by Gasteiger charge is -2.45. The van der Waals surface area contributed by atoms with Gasteiger partial charge in [0.1, 0.15) is 11.4 Å². The molecule has 2 heterocycles. The smallest absolute Gasteiger partial charge is 0.145 e. The van der Waals surface area contributed by atoms with Crippen LogP contribution in [0.2, 0.25) is 5.02 Å². The monoisotopic (exact) mass is 378 g/mol. The third kappa shape index (κ3) is 2.49. The van der Waals surface area contributed by atoms with Crippen LogP contribution in [0, 0.1) is 0 Å². The summed E-state index contributed by atoms with van der Waals surface area (Å²) in [6, 6.07) is 17.5. The Bertz CT molecular complexity index is 1010. The molecule has 4 heteroatoms. The summed E-state index contributed by atoms with van der Waals surface area (Å²) in [5, 5.41) is 11.0. The number of nitrogens with zero attached hydrogens (tertiary/aromatic N) is 2. The van der Waals surface area contributed by atoms with Crippen molar-refractivity contribution >= 4 is 23.4 Å². The number of anilines is 1. The van der Waals surface area contributed by atoms with E-state index >= 15 is 0 Å². The molecule has 0 fully saturated rings. The van der Waals surface area contributed by atoms with Crippen molar-refractivity contribution in [3.8, 4) is 5.75 Å². The lowest BCUT2D eigenvalue weighted by Crippen LogP contribution is -2.54. The second-order valence-electron chi connectivity index (χ2n) is 7.55. The minimum absolute atomic E-state index is 0.262. The molecule has 1 aromatic heterocycles. The molecule has 1 unspecified atom stereocenters. The van der Waals surface area contributed by atoms with Crippen molar-refractivity contribution in [3.05, 3.63) is 89.2 Å². The van der Waals surface area contributed by atoms with Gasteiger partial charge in [0.25, 0.3) is 0 Å². The number of benzene rings is 2. The average molecular weight is 379 g/mol. The van der Waals surface area contributed by atoms with Gasteiger partial charge in [-0.25, -0.2) is 0 Å². The van der Waals surface area contributed by atoms with Crippen LogP contribution in [0.4, 0.5) is 5.69 Å². The minimum Gasteiger partial charge on any atom is -0.507 e. The first kappa shape index (κ1) is 17.7. The summed E-state index contributed by atoms with van der Waals surface area (Å²) in [6.45, 7) is 4.47.